The van der Waals surface area contributed by atoms with E-state index < -0.39 is 84.3 Å². The Bertz CT molecular complexity index is 1180. The predicted molar refractivity (Wildman–Crippen MR) is 148 cm³/mol. The highest BCUT2D eigenvalue weighted by molar-refractivity contribution is 7.09. The smallest absolute Gasteiger partial charge is 0.434 e. The van der Waals surface area contributed by atoms with Crippen molar-refractivity contribution in [2.75, 3.05) is 13.1 Å². The number of aromatic nitrogens is 1. The summed E-state index contributed by atoms with van der Waals surface area (Å²) in [5.74, 6) is -4.86. The number of carbonyl (C=O) groups is 6. The molecule has 240 valence electrons. The molecule has 2 rings (SSSR count). The molecule has 0 bridgehead atoms. The molecule has 0 aromatic carbocycles. The molecular formula is C26H37F3N6O7S. The molecule has 13 nitrogen and oxygen atoms in total. The van der Waals surface area contributed by atoms with Crippen molar-refractivity contribution in [3.63, 3.8) is 0 Å². The van der Waals surface area contributed by atoms with E-state index in [0.717, 1.165) is 11.8 Å². The van der Waals surface area contributed by atoms with E-state index >= 15 is 0 Å². The molecule has 2 heterocycles. The van der Waals surface area contributed by atoms with E-state index in [-0.39, 0.29) is 30.3 Å². The lowest BCUT2D eigenvalue weighted by Crippen LogP contribution is -2.57. The van der Waals surface area contributed by atoms with Crippen molar-refractivity contribution in [3.05, 3.63) is 16.1 Å². The van der Waals surface area contributed by atoms with Crippen molar-refractivity contribution in [2.45, 2.75) is 83.6 Å². The van der Waals surface area contributed by atoms with E-state index in [1.807, 2.05) is 12.2 Å². The number of hydrogen-bond acceptors (Lipinski definition) is 8. The molecule has 1 aromatic heterocycles. The zero-order chi connectivity index (χ0) is 32.3. The van der Waals surface area contributed by atoms with Crippen LogP contribution in [0.5, 0.6) is 0 Å². The van der Waals surface area contributed by atoms with Gasteiger partial charge in [0.25, 0.3) is 0 Å². The van der Waals surface area contributed by atoms with Crippen LogP contribution in [0.4, 0.5) is 18.0 Å². The van der Waals surface area contributed by atoms with Crippen LogP contribution in [0.1, 0.15) is 63.6 Å². The van der Waals surface area contributed by atoms with Gasteiger partial charge in [-0.3, -0.25) is 24.0 Å². The van der Waals surface area contributed by atoms with Crippen LogP contribution in [0.2, 0.25) is 0 Å². The van der Waals surface area contributed by atoms with E-state index in [0.29, 0.717) is 24.3 Å². The van der Waals surface area contributed by atoms with Gasteiger partial charge in [-0.1, -0.05) is 27.2 Å². The number of carboxylic acid groups (broad SMARTS) is 1. The maximum absolute atomic E-state index is 13.4. The predicted octanol–water partition coefficient (Wildman–Crippen LogP) is 1.37. The molecule has 5 amide bonds. The maximum Gasteiger partial charge on any atom is 0.434 e. The molecule has 6 N–H and O–H groups in total. The van der Waals surface area contributed by atoms with Crippen LogP contribution in [0.25, 0.3) is 0 Å². The summed E-state index contributed by atoms with van der Waals surface area (Å²) in [5.41, 5.74) is -1.19. The first-order valence-corrected chi connectivity index (χ1v) is 14.7. The summed E-state index contributed by atoms with van der Waals surface area (Å²) in [7, 11) is 0. The molecule has 1 fully saturated rings. The molecule has 1 aliphatic rings. The summed E-state index contributed by atoms with van der Waals surface area (Å²) in [4.78, 5) is 79.3. The third kappa shape index (κ3) is 11.4. The minimum atomic E-state index is -4.73. The van der Waals surface area contributed by atoms with Crippen LogP contribution in [0.15, 0.2) is 5.38 Å². The Morgan fingerprint density at radius 2 is 1.74 bits per heavy atom. The Balaban J connectivity index is 2.24. The lowest BCUT2D eigenvalue weighted by atomic mass is 9.93. The normalized spacial score (nSPS) is 17.0. The molecule has 4 atom stereocenters. The van der Waals surface area contributed by atoms with Gasteiger partial charge in [-0.05, 0) is 25.2 Å². The third-order valence-electron chi connectivity index (χ3n) is 6.47. The van der Waals surface area contributed by atoms with Crippen LogP contribution < -0.4 is 26.6 Å². The summed E-state index contributed by atoms with van der Waals surface area (Å²) in [6.45, 7) is 6.00. The summed E-state index contributed by atoms with van der Waals surface area (Å²) >= 11 is 0.590. The molecule has 0 radical (unpaired) electrons. The number of halogens is 3. The van der Waals surface area contributed by atoms with Gasteiger partial charge in [0, 0.05) is 24.9 Å². The molecule has 1 aromatic rings. The second kappa shape index (κ2) is 16.2. The van der Waals surface area contributed by atoms with Gasteiger partial charge < -0.3 is 31.7 Å². The summed E-state index contributed by atoms with van der Waals surface area (Å²) in [6.07, 6.45) is -5.63. The number of nitrogens with one attached hydrogen (secondary N) is 5. The van der Waals surface area contributed by atoms with E-state index in [1.54, 1.807) is 13.8 Å². The van der Waals surface area contributed by atoms with E-state index in [4.69, 9.17) is 0 Å². The number of rotatable bonds is 16. The van der Waals surface area contributed by atoms with Crippen molar-refractivity contribution < 1.29 is 47.0 Å². The van der Waals surface area contributed by atoms with Crippen molar-refractivity contribution in [1.29, 1.82) is 0 Å². The van der Waals surface area contributed by atoms with Gasteiger partial charge in [0.15, 0.2) is 11.5 Å². The van der Waals surface area contributed by atoms with Gasteiger partial charge >= 0.3 is 12.3 Å². The summed E-state index contributed by atoms with van der Waals surface area (Å²) in [5, 5.41) is 21.8. The monoisotopic (exact) mass is 634 g/mol. The maximum atomic E-state index is 13.4. The van der Waals surface area contributed by atoms with E-state index in [9.17, 15) is 47.0 Å². The molecular weight excluding hydrogens is 597 g/mol. The number of carbonyl (C=O) groups excluding carboxylic acids is 5. The lowest BCUT2D eigenvalue weighted by molar-refractivity contribution is -0.141. The van der Waals surface area contributed by atoms with Crippen LogP contribution in [-0.4, -0.2) is 76.8 Å². The lowest BCUT2D eigenvalue weighted by Gasteiger charge is -2.26. The number of alkyl halides is 3. The molecule has 43 heavy (non-hydrogen) atoms. The van der Waals surface area contributed by atoms with Crippen LogP contribution >= 0.6 is 11.3 Å². The van der Waals surface area contributed by atoms with Gasteiger partial charge in [0.05, 0.1) is 17.5 Å². The highest BCUT2D eigenvalue weighted by Gasteiger charge is 2.39. The number of hydrogen-bond donors (Lipinski definition) is 6. The average Bonchev–Trinajstić information content (AvgIpc) is 3.55. The first kappa shape index (κ1) is 35.4. The fourth-order valence-corrected chi connectivity index (χ4v) is 5.16. The fraction of sp³-hybridized carbons (Fsp3) is 0.654. The Morgan fingerprint density at radius 1 is 1.09 bits per heavy atom. The van der Waals surface area contributed by atoms with E-state index in [1.165, 1.54) is 0 Å². The van der Waals surface area contributed by atoms with Gasteiger partial charge in [-0.2, -0.15) is 13.2 Å². The number of nitrogens with zero attached hydrogens (tertiary/aromatic N) is 1. The quantitative estimate of drug-likeness (QED) is 0.116. The van der Waals surface area contributed by atoms with Crippen molar-refractivity contribution in [1.82, 2.24) is 31.6 Å². The van der Waals surface area contributed by atoms with Gasteiger partial charge in [-0.15, -0.1) is 11.3 Å². The van der Waals surface area contributed by atoms with Gasteiger partial charge in [0.1, 0.15) is 18.0 Å². The average molecular weight is 635 g/mol. The summed E-state index contributed by atoms with van der Waals surface area (Å²) < 4.78 is 38.9. The second-order valence-electron chi connectivity index (χ2n) is 10.5. The minimum Gasteiger partial charge on any atom is -0.465 e. The Labute approximate surface area is 250 Å². The zero-order valence-electron chi connectivity index (χ0n) is 24.0. The third-order valence-corrected chi connectivity index (χ3v) is 7.34. The van der Waals surface area contributed by atoms with Crippen molar-refractivity contribution in [3.8, 4) is 0 Å². The topological polar surface area (TPSA) is 196 Å². The number of thiazole rings is 1. The van der Waals surface area contributed by atoms with Crippen LogP contribution in [-0.2, 0) is 36.6 Å². The molecule has 17 heteroatoms. The Morgan fingerprint density at radius 3 is 2.28 bits per heavy atom. The number of ketones is 1. The second-order valence-corrected chi connectivity index (χ2v) is 11.5. The minimum absolute atomic E-state index is 0.0281. The highest BCUT2D eigenvalue weighted by atomic mass is 32.1. The number of Topliss-reactive ketones (excluding diaryl/α,β-unsaturated/α-hetero) is 1. The first-order valence-electron chi connectivity index (χ1n) is 13.8. The largest absolute Gasteiger partial charge is 0.465 e. The molecule has 1 aliphatic heterocycles. The Kier molecular flexibility index (Phi) is 13.3. The fourth-order valence-electron chi connectivity index (χ4n) is 4.31. The Hall–Kier alpha value is -3.76. The van der Waals surface area contributed by atoms with Crippen molar-refractivity contribution >= 4 is 46.8 Å². The van der Waals surface area contributed by atoms with Gasteiger partial charge in [0.2, 0.25) is 23.6 Å². The van der Waals surface area contributed by atoms with E-state index in [2.05, 4.69) is 26.3 Å². The SMILES string of the molecule is CCCCNC(=O)C[C@H](NC(=O)[C@H](CC(C)C)NC(=O)[C@H](Cc1nc(C(F)(F)F)cs1)NC(=O)O)C(=O)[C@@H]1CCNC1=O. The first-order chi connectivity index (χ1) is 20.1. The zero-order valence-corrected chi connectivity index (χ0v) is 24.8. The van der Waals surface area contributed by atoms with Crippen molar-refractivity contribution in [2.24, 2.45) is 11.8 Å². The van der Waals surface area contributed by atoms with Crippen LogP contribution in [0, 0.1) is 11.8 Å². The highest BCUT2D eigenvalue weighted by Crippen LogP contribution is 2.30. The molecule has 0 aliphatic carbocycles. The molecule has 0 unspecified atom stereocenters. The van der Waals surface area contributed by atoms with Crippen LogP contribution in [0.3, 0.4) is 0 Å². The molecule has 1 saturated heterocycles. The molecule has 0 spiro atoms. The standard InChI is InChI=1S/C26H37F3N6O7S/c1-4-5-7-30-19(36)10-15(21(37)14-6-8-31-22(14)38)32-23(39)16(9-13(2)3)33-24(40)17(34-25(41)42)11-20-35-18(12-43-20)26(27,28)29/h12-17,34H,4-11H2,1-3H3,(H,30,36)(H,31,38)(H,32,39)(H,33,40)(H,41,42)/t14-,15-,16-,17-/m0/s1. The molecule has 0 saturated carbocycles. The number of amides is 5. The number of unbranched alkanes of at least 4 members (excludes halogenated alkanes) is 1. The summed E-state index contributed by atoms with van der Waals surface area (Å²) in [6, 6.07) is -4.31. The van der Waals surface area contributed by atoms with Gasteiger partial charge in [-0.25, -0.2) is 9.78 Å².